The third kappa shape index (κ3) is 5.38. The number of likely N-dealkylation sites (tertiary alicyclic amines) is 1. The number of nitrogens with one attached hydrogen (secondary N) is 1. The van der Waals surface area contributed by atoms with E-state index in [4.69, 9.17) is 0 Å². The van der Waals surface area contributed by atoms with Crippen LogP contribution in [0.1, 0.15) is 64.7 Å². The average molecular weight is 254 g/mol. The maximum absolute atomic E-state index is 12.2. The molecule has 0 aliphatic carbocycles. The first-order valence-corrected chi connectivity index (χ1v) is 7.73. The van der Waals surface area contributed by atoms with Gasteiger partial charge < -0.3 is 10.2 Å². The number of rotatable bonds is 8. The molecule has 0 saturated carbocycles. The zero-order valence-electron chi connectivity index (χ0n) is 12.2. The standard InChI is InChI=1S/C15H30N2O/c1-3-4-5-6-10-15(18)17-13-8-7-9-14(17)11-12-16-2/h14,16H,3-13H2,1-2H3. The van der Waals surface area contributed by atoms with Crippen LogP contribution in [0.5, 0.6) is 0 Å². The molecule has 1 atom stereocenters. The molecule has 1 N–H and O–H groups in total. The predicted octanol–water partition coefficient (Wildman–Crippen LogP) is 2.95. The van der Waals surface area contributed by atoms with E-state index in [9.17, 15) is 4.79 Å². The average Bonchev–Trinajstić information content (AvgIpc) is 2.41. The lowest BCUT2D eigenvalue weighted by Crippen LogP contribution is -2.44. The van der Waals surface area contributed by atoms with Gasteiger partial charge >= 0.3 is 0 Å². The van der Waals surface area contributed by atoms with E-state index < -0.39 is 0 Å². The molecule has 0 spiro atoms. The Labute approximate surface area is 112 Å². The summed E-state index contributed by atoms with van der Waals surface area (Å²) in [7, 11) is 1.99. The largest absolute Gasteiger partial charge is 0.340 e. The second-order valence-electron chi connectivity index (χ2n) is 5.44. The van der Waals surface area contributed by atoms with Crippen LogP contribution in [0.2, 0.25) is 0 Å². The molecule has 0 aromatic rings. The van der Waals surface area contributed by atoms with Crippen molar-refractivity contribution in [2.24, 2.45) is 0 Å². The van der Waals surface area contributed by atoms with Crippen LogP contribution in [0.4, 0.5) is 0 Å². The van der Waals surface area contributed by atoms with Crippen molar-refractivity contribution in [2.75, 3.05) is 20.1 Å². The van der Waals surface area contributed by atoms with Crippen LogP contribution in [-0.2, 0) is 4.79 Å². The van der Waals surface area contributed by atoms with Gasteiger partial charge in [-0.2, -0.15) is 0 Å². The van der Waals surface area contributed by atoms with E-state index in [-0.39, 0.29) is 0 Å². The van der Waals surface area contributed by atoms with Gasteiger partial charge in [0.05, 0.1) is 0 Å². The normalized spacial score (nSPS) is 20.1. The van der Waals surface area contributed by atoms with Gasteiger partial charge in [-0.1, -0.05) is 26.2 Å². The van der Waals surface area contributed by atoms with Gasteiger partial charge in [-0.25, -0.2) is 0 Å². The van der Waals surface area contributed by atoms with E-state index >= 15 is 0 Å². The van der Waals surface area contributed by atoms with Crippen molar-refractivity contribution < 1.29 is 4.79 Å². The molecule has 0 bridgehead atoms. The third-order valence-corrected chi connectivity index (χ3v) is 3.92. The quantitative estimate of drug-likeness (QED) is 0.675. The Bertz CT molecular complexity index is 231. The minimum atomic E-state index is 0.395. The SMILES string of the molecule is CCCCCCC(=O)N1CCCCC1CCNC. The van der Waals surface area contributed by atoms with E-state index in [0.717, 1.165) is 32.4 Å². The molecular weight excluding hydrogens is 224 g/mol. The van der Waals surface area contributed by atoms with E-state index in [1.54, 1.807) is 0 Å². The van der Waals surface area contributed by atoms with Crippen LogP contribution in [0, 0.1) is 0 Å². The van der Waals surface area contributed by atoms with Crippen molar-refractivity contribution >= 4 is 5.91 Å². The number of carbonyl (C=O) groups excluding carboxylic acids is 1. The Morgan fingerprint density at radius 2 is 2.11 bits per heavy atom. The van der Waals surface area contributed by atoms with Gasteiger partial charge in [0.1, 0.15) is 0 Å². The van der Waals surface area contributed by atoms with Gasteiger partial charge in [0.2, 0.25) is 5.91 Å². The molecule has 1 rings (SSSR count). The summed E-state index contributed by atoms with van der Waals surface area (Å²) in [5.74, 6) is 0.395. The van der Waals surface area contributed by atoms with Crippen molar-refractivity contribution in [3.8, 4) is 0 Å². The molecule has 1 amide bonds. The van der Waals surface area contributed by atoms with Crippen LogP contribution in [0.15, 0.2) is 0 Å². The van der Waals surface area contributed by atoms with Gasteiger partial charge in [-0.3, -0.25) is 4.79 Å². The van der Waals surface area contributed by atoms with Crippen molar-refractivity contribution in [1.82, 2.24) is 10.2 Å². The van der Waals surface area contributed by atoms with Gasteiger partial charge in [-0.15, -0.1) is 0 Å². The highest BCUT2D eigenvalue weighted by molar-refractivity contribution is 5.76. The third-order valence-electron chi connectivity index (χ3n) is 3.92. The zero-order valence-corrected chi connectivity index (χ0v) is 12.2. The topological polar surface area (TPSA) is 32.3 Å². The molecule has 0 aromatic carbocycles. The highest BCUT2D eigenvalue weighted by Gasteiger charge is 2.25. The minimum Gasteiger partial charge on any atom is -0.340 e. The lowest BCUT2D eigenvalue weighted by molar-refractivity contribution is -0.135. The molecule has 1 fully saturated rings. The number of carbonyl (C=O) groups is 1. The van der Waals surface area contributed by atoms with Gasteiger partial charge in [0.25, 0.3) is 0 Å². The Hall–Kier alpha value is -0.570. The van der Waals surface area contributed by atoms with E-state index in [1.807, 2.05) is 7.05 Å². The molecule has 1 aliphatic heterocycles. The number of unbranched alkanes of at least 4 members (excludes halogenated alkanes) is 3. The van der Waals surface area contributed by atoms with Crippen molar-refractivity contribution in [2.45, 2.75) is 70.8 Å². The van der Waals surface area contributed by atoms with Crippen molar-refractivity contribution in [3.63, 3.8) is 0 Å². The molecule has 0 aromatic heterocycles. The fourth-order valence-electron chi connectivity index (χ4n) is 2.79. The first-order chi connectivity index (χ1) is 8.79. The fraction of sp³-hybridized carbons (Fsp3) is 0.933. The summed E-state index contributed by atoms with van der Waals surface area (Å²) < 4.78 is 0. The second-order valence-corrected chi connectivity index (χ2v) is 5.44. The van der Waals surface area contributed by atoms with Crippen LogP contribution >= 0.6 is 0 Å². The van der Waals surface area contributed by atoms with Crippen molar-refractivity contribution in [3.05, 3.63) is 0 Å². The summed E-state index contributed by atoms with van der Waals surface area (Å²) in [5.41, 5.74) is 0. The molecule has 3 heteroatoms. The van der Waals surface area contributed by atoms with Crippen LogP contribution < -0.4 is 5.32 Å². The zero-order chi connectivity index (χ0) is 13.2. The molecule has 106 valence electrons. The molecule has 1 heterocycles. The Kier molecular flexibility index (Phi) is 8.06. The first kappa shape index (κ1) is 15.5. The highest BCUT2D eigenvalue weighted by Crippen LogP contribution is 2.21. The molecule has 18 heavy (non-hydrogen) atoms. The van der Waals surface area contributed by atoms with Crippen LogP contribution in [-0.4, -0.2) is 37.0 Å². The van der Waals surface area contributed by atoms with Gasteiger partial charge in [0.15, 0.2) is 0 Å². The van der Waals surface area contributed by atoms with Gasteiger partial charge in [0, 0.05) is 19.0 Å². The summed E-state index contributed by atoms with van der Waals surface area (Å²) in [5, 5.41) is 3.20. The number of amides is 1. The second kappa shape index (κ2) is 9.37. The number of hydrogen-bond acceptors (Lipinski definition) is 2. The first-order valence-electron chi connectivity index (χ1n) is 7.73. The van der Waals surface area contributed by atoms with E-state index in [0.29, 0.717) is 11.9 Å². The molecule has 1 unspecified atom stereocenters. The minimum absolute atomic E-state index is 0.395. The summed E-state index contributed by atoms with van der Waals surface area (Å²) in [6.45, 7) is 4.21. The van der Waals surface area contributed by atoms with Crippen molar-refractivity contribution in [1.29, 1.82) is 0 Å². The summed E-state index contributed by atoms with van der Waals surface area (Å²) in [6, 6.07) is 0.491. The summed E-state index contributed by atoms with van der Waals surface area (Å²) in [6.07, 6.45) is 10.3. The number of hydrogen-bond donors (Lipinski definition) is 1. The predicted molar refractivity (Wildman–Crippen MR) is 76.7 cm³/mol. The van der Waals surface area contributed by atoms with Crippen LogP contribution in [0.25, 0.3) is 0 Å². The van der Waals surface area contributed by atoms with Crippen LogP contribution in [0.3, 0.4) is 0 Å². The Balaban J connectivity index is 2.32. The summed E-state index contributed by atoms with van der Waals surface area (Å²) in [4.78, 5) is 14.4. The molecule has 1 saturated heterocycles. The fourth-order valence-corrected chi connectivity index (χ4v) is 2.79. The lowest BCUT2D eigenvalue weighted by atomic mass is 9.98. The lowest BCUT2D eigenvalue weighted by Gasteiger charge is -2.36. The maximum Gasteiger partial charge on any atom is 0.222 e. The molecule has 3 nitrogen and oxygen atoms in total. The molecular formula is C15H30N2O. The maximum atomic E-state index is 12.2. The highest BCUT2D eigenvalue weighted by atomic mass is 16.2. The Morgan fingerprint density at radius 1 is 1.28 bits per heavy atom. The Morgan fingerprint density at radius 3 is 2.83 bits per heavy atom. The molecule has 1 aliphatic rings. The monoisotopic (exact) mass is 254 g/mol. The number of nitrogens with zero attached hydrogens (tertiary/aromatic N) is 1. The molecule has 0 radical (unpaired) electrons. The van der Waals surface area contributed by atoms with E-state index in [1.165, 1.54) is 38.5 Å². The van der Waals surface area contributed by atoms with Gasteiger partial charge in [-0.05, 0) is 45.7 Å². The number of piperidine rings is 1. The van der Waals surface area contributed by atoms with E-state index in [2.05, 4.69) is 17.1 Å². The smallest absolute Gasteiger partial charge is 0.222 e. The summed E-state index contributed by atoms with van der Waals surface area (Å²) >= 11 is 0.